The third kappa shape index (κ3) is 2.16. The number of imidazole rings is 1. The highest BCUT2D eigenvalue weighted by molar-refractivity contribution is 5.72. The molecule has 2 aromatic heterocycles. The molecule has 0 saturated heterocycles. The van der Waals surface area contributed by atoms with Gasteiger partial charge in [0, 0.05) is 17.4 Å². The number of aryl methyl sites for hydroxylation is 2. The molecule has 0 saturated carbocycles. The van der Waals surface area contributed by atoms with Gasteiger partial charge >= 0.3 is 0 Å². The number of hydrogen-bond donors (Lipinski definition) is 1. The monoisotopic (exact) mass is 264 g/mol. The summed E-state index contributed by atoms with van der Waals surface area (Å²) >= 11 is 0. The molecule has 1 aromatic carbocycles. The first-order valence-electron chi connectivity index (χ1n) is 6.47. The molecular weight excluding hydrogens is 248 g/mol. The summed E-state index contributed by atoms with van der Waals surface area (Å²) in [6.07, 6.45) is 5.30. The van der Waals surface area contributed by atoms with Gasteiger partial charge in [-0.15, -0.1) is 0 Å². The molecule has 2 N–H and O–H groups in total. The lowest BCUT2D eigenvalue weighted by atomic mass is 10.1. The maximum Gasteiger partial charge on any atom is 0.132 e. The van der Waals surface area contributed by atoms with Gasteiger partial charge in [-0.3, -0.25) is 4.57 Å². The molecule has 0 aliphatic carbocycles. The Morgan fingerprint density at radius 3 is 2.55 bits per heavy atom. The van der Waals surface area contributed by atoms with Crippen LogP contribution in [0.15, 0.2) is 49.1 Å². The molecule has 0 radical (unpaired) electrons. The van der Waals surface area contributed by atoms with Gasteiger partial charge in [0.25, 0.3) is 0 Å². The summed E-state index contributed by atoms with van der Waals surface area (Å²) < 4.78 is 2.04. The molecule has 0 amide bonds. The summed E-state index contributed by atoms with van der Waals surface area (Å²) in [5.74, 6) is 0.513. The molecule has 0 bridgehead atoms. The maximum atomic E-state index is 5.97. The molecular formula is C16H16N4. The van der Waals surface area contributed by atoms with Gasteiger partial charge < -0.3 is 5.73 Å². The van der Waals surface area contributed by atoms with Crippen molar-refractivity contribution in [2.75, 3.05) is 5.73 Å². The third-order valence-electron chi connectivity index (χ3n) is 3.24. The normalized spacial score (nSPS) is 10.7. The summed E-state index contributed by atoms with van der Waals surface area (Å²) in [6, 6.07) is 10.2. The number of anilines is 1. The van der Waals surface area contributed by atoms with Crippen molar-refractivity contribution in [2.45, 2.75) is 13.8 Å². The molecule has 0 aliphatic rings. The van der Waals surface area contributed by atoms with Crippen LogP contribution in [0.1, 0.15) is 11.1 Å². The maximum absolute atomic E-state index is 5.97. The topological polar surface area (TPSA) is 56.7 Å². The van der Waals surface area contributed by atoms with Crippen molar-refractivity contribution in [3.63, 3.8) is 0 Å². The van der Waals surface area contributed by atoms with Gasteiger partial charge in [0.15, 0.2) is 0 Å². The molecule has 2 heterocycles. The zero-order chi connectivity index (χ0) is 14.1. The Kier molecular flexibility index (Phi) is 2.99. The number of hydrogen-bond acceptors (Lipinski definition) is 3. The van der Waals surface area contributed by atoms with E-state index in [4.69, 9.17) is 5.73 Å². The second kappa shape index (κ2) is 4.81. The molecule has 0 unspecified atom stereocenters. The van der Waals surface area contributed by atoms with E-state index in [1.165, 1.54) is 11.1 Å². The second-order valence-electron chi connectivity index (χ2n) is 4.93. The van der Waals surface area contributed by atoms with Gasteiger partial charge in [0.2, 0.25) is 0 Å². The van der Waals surface area contributed by atoms with Crippen molar-refractivity contribution in [3.05, 3.63) is 60.2 Å². The van der Waals surface area contributed by atoms with Gasteiger partial charge in [0.1, 0.15) is 5.82 Å². The Hall–Kier alpha value is -2.62. The second-order valence-corrected chi connectivity index (χ2v) is 4.93. The molecule has 0 atom stereocenters. The van der Waals surface area contributed by atoms with Gasteiger partial charge in [-0.25, -0.2) is 9.97 Å². The van der Waals surface area contributed by atoms with Crippen LogP contribution in [0.5, 0.6) is 0 Å². The lowest BCUT2D eigenvalue weighted by Gasteiger charge is -2.11. The minimum Gasteiger partial charge on any atom is -0.383 e. The van der Waals surface area contributed by atoms with Crippen LogP contribution in [0.2, 0.25) is 0 Å². The average Bonchev–Trinajstić information content (AvgIpc) is 2.87. The zero-order valence-corrected chi connectivity index (χ0v) is 11.5. The molecule has 100 valence electrons. The van der Waals surface area contributed by atoms with Crippen molar-refractivity contribution in [2.24, 2.45) is 0 Å². The van der Waals surface area contributed by atoms with Gasteiger partial charge in [-0.1, -0.05) is 6.07 Å². The Balaban J connectivity index is 2.18. The summed E-state index contributed by atoms with van der Waals surface area (Å²) in [5, 5.41) is 0. The van der Waals surface area contributed by atoms with Crippen molar-refractivity contribution in [3.8, 4) is 16.9 Å². The van der Waals surface area contributed by atoms with Crippen LogP contribution in [-0.2, 0) is 0 Å². The van der Waals surface area contributed by atoms with E-state index in [0.717, 1.165) is 16.9 Å². The van der Waals surface area contributed by atoms with Gasteiger partial charge in [0.05, 0.1) is 18.2 Å². The summed E-state index contributed by atoms with van der Waals surface area (Å²) in [6.45, 7) is 4.18. The first kappa shape index (κ1) is 12.4. The summed E-state index contributed by atoms with van der Waals surface area (Å²) in [7, 11) is 0. The van der Waals surface area contributed by atoms with E-state index in [-0.39, 0.29) is 0 Å². The van der Waals surface area contributed by atoms with E-state index in [1.807, 2.05) is 22.9 Å². The number of aromatic nitrogens is 3. The number of benzene rings is 1. The van der Waals surface area contributed by atoms with Crippen LogP contribution in [0, 0.1) is 13.8 Å². The Morgan fingerprint density at radius 2 is 1.85 bits per heavy atom. The lowest BCUT2D eigenvalue weighted by Crippen LogP contribution is -2.00. The van der Waals surface area contributed by atoms with Crippen molar-refractivity contribution < 1.29 is 0 Å². The van der Waals surface area contributed by atoms with Crippen molar-refractivity contribution >= 4 is 5.82 Å². The lowest BCUT2D eigenvalue weighted by molar-refractivity contribution is 1.05. The number of nitrogen functional groups attached to an aromatic ring is 1. The largest absolute Gasteiger partial charge is 0.383 e. The number of pyridine rings is 1. The SMILES string of the molecule is Cc1cc(C)cc(-n2cncc2-c2cccnc2N)c1. The van der Waals surface area contributed by atoms with Gasteiger partial charge in [-0.2, -0.15) is 0 Å². The molecule has 3 aromatic rings. The molecule has 0 fully saturated rings. The smallest absolute Gasteiger partial charge is 0.132 e. The molecule has 4 nitrogen and oxygen atoms in total. The quantitative estimate of drug-likeness (QED) is 0.773. The van der Waals surface area contributed by atoms with Crippen molar-refractivity contribution in [1.82, 2.24) is 14.5 Å². The van der Waals surface area contributed by atoms with E-state index < -0.39 is 0 Å². The van der Waals surface area contributed by atoms with Crippen LogP contribution in [0.4, 0.5) is 5.82 Å². The van der Waals surface area contributed by atoms with E-state index in [0.29, 0.717) is 5.82 Å². The first-order valence-corrected chi connectivity index (χ1v) is 6.47. The highest BCUT2D eigenvalue weighted by Gasteiger charge is 2.10. The van der Waals surface area contributed by atoms with Crippen LogP contribution < -0.4 is 5.73 Å². The predicted octanol–water partition coefficient (Wildman–Crippen LogP) is 3.13. The van der Waals surface area contributed by atoms with Crippen molar-refractivity contribution in [1.29, 1.82) is 0 Å². The minimum absolute atomic E-state index is 0.513. The fourth-order valence-corrected chi connectivity index (χ4v) is 2.42. The van der Waals surface area contributed by atoms with Crippen LogP contribution in [0.25, 0.3) is 16.9 Å². The van der Waals surface area contributed by atoms with E-state index in [9.17, 15) is 0 Å². The standard InChI is InChI=1S/C16H16N4/c1-11-6-12(2)8-13(7-11)20-10-18-9-15(20)14-4-3-5-19-16(14)17/h3-10H,1-2H3,(H2,17,19). The van der Waals surface area contributed by atoms with Gasteiger partial charge in [-0.05, 0) is 49.2 Å². The molecule has 0 spiro atoms. The minimum atomic E-state index is 0.513. The number of nitrogens with two attached hydrogens (primary N) is 1. The van der Waals surface area contributed by atoms with E-state index in [1.54, 1.807) is 12.5 Å². The average molecular weight is 264 g/mol. The van der Waals surface area contributed by atoms with Crippen LogP contribution >= 0.6 is 0 Å². The Morgan fingerprint density at radius 1 is 1.10 bits per heavy atom. The summed E-state index contributed by atoms with van der Waals surface area (Å²) in [4.78, 5) is 8.40. The molecule has 3 rings (SSSR count). The highest BCUT2D eigenvalue weighted by atomic mass is 15.1. The third-order valence-corrected chi connectivity index (χ3v) is 3.24. The summed E-state index contributed by atoms with van der Waals surface area (Å²) in [5.41, 5.74) is 11.3. The van der Waals surface area contributed by atoms with Crippen LogP contribution in [-0.4, -0.2) is 14.5 Å². The van der Waals surface area contributed by atoms with E-state index >= 15 is 0 Å². The Labute approximate surface area is 117 Å². The van der Waals surface area contributed by atoms with Crippen LogP contribution in [0.3, 0.4) is 0 Å². The zero-order valence-electron chi connectivity index (χ0n) is 11.5. The fraction of sp³-hybridized carbons (Fsp3) is 0.125. The molecule has 0 aliphatic heterocycles. The fourth-order valence-electron chi connectivity index (χ4n) is 2.42. The first-order chi connectivity index (χ1) is 9.65. The molecule has 4 heteroatoms. The predicted molar refractivity (Wildman–Crippen MR) is 80.7 cm³/mol. The highest BCUT2D eigenvalue weighted by Crippen LogP contribution is 2.26. The Bertz CT molecular complexity index is 738. The number of nitrogens with zero attached hydrogens (tertiary/aromatic N) is 3. The number of rotatable bonds is 2. The van der Waals surface area contributed by atoms with E-state index in [2.05, 4.69) is 42.0 Å². The molecule has 20 heavy (non-hydrogen) atoms.